The van der Waals surface area contributed by atoms with Crippen molar-refractivity contribution in [3.63, 3.8) is 0 Å². The third-order valence-electron chi connectivity index (χ3n) is 4.19. The van der Waals surface area contributed by atoms with Gasteiger partial charge in [0.15, 0.2) is 0 Å². The highest BCUT2D eigenvalue weighted by Gasteiger charge is 2.11. The molecule has 4 aromatic rings. The normalized spacial score (nSPS) is 10.5. The fraction of sp³-hybridized carbons (Fsp3) is 0.0455. The highest BCUT2D eigenvalue weighted by molar-refractivity contribution is 6.04. The first-order chi connectivity index (χ1) is 13.7. The van der Waals surface area contributed by atoms with Crippen LogP contribution in [0.5, 0.6) is 5.75 Å². The summed E-state index contributed by atoms with van der Waals surface area (Å²) in [4.78, 5) is 12.3. The average molecular weight is 371 g/mol. The predicted molar refractivity (Wildman–Crippen MR) is 106 cm³/mol. The number of benzene rings is 3. The minimum atomic E-state index is -0.195. The van der Waals surface area contributed by atoms with Crippen molar-refractivity contribution in [3.05, 3.63) is 84.4 Å². The molecule has 0 aliphatic heterocycles. The molecule has 1 aromatic heterocycles. The van der Waals surface area contributed by atoms with Crippen LogP contribution in [-0.4, -0.2) is 23.2 Å². The van der Waals surface area contributed by atoms with E-state index in [9.17, 15) is 4.79 Å². The summed E-state index contributed by atoms with van der Waals surface area (Å²) in [5.41, 5.74) is 2.86. The second kappa shape index (κ2) is 7.75. The molecule has 1 heterocycles. The fourth-order valence-corrected chi connectivity index (χ4v) is 2.68. The van der Waals surface area contributed by atoms with Crippen LogP contribution < -0.4 is 10.1 Å². The van der Waals surface area contributed by atoms with E-state index in [0.717, 1.165) is 11.1 Å². The molecule has 0 spiro atoms. The van der Waals surface area contributed by atoms with Gasteiger partial charge < -0.3 is 14.5 Å². The lowest BCUT2D eigenvalue weighted by Crippen LogP contribution is -2.11. The van der Waals surface area contributed by atoms with Gasteiger partial charge in [-0.15, -0.1) is 10.2 Å². The van der Waals surface area contributed by atoms with E-state index in [-0.39, 0.29) is 5.91 Å². The number of ether oxygens (including phenoxy) is 1. The van der Waals surface area contributed by atoms with Gasteiger partial charge in [0.25, 0.3) is 5.91 Å². The third kappa shape index (κ3) is 3.76. The van der Waals surface area contributed by atoms with Crippen LogP contribution in [-0.2, 0) is 0 Å². The molecule has 0 bridgehead atoms. The molecule has 1 amide bonds. The van der Waals surface area contributed by atoms with Crippen molar-refractivity contribution in [2.45, 2.75) is 0 Å². The van der Waals surface area contributed by atoms with E-state index in [1.807, 2.05) is 42.5 Å². The Kier molecular flexibility index (Phi) is 4.84. The Morgan fingerprint density at radius 3 is 2.04 bits per heavy atom. The number of anilines is 1. The third-order valence-corrected chi connectivity index (χ3v) is 4.19. The van der Waals surface area contributed by atoms with Crippen LogP contribution in [0.4, 0.5) is 5.69 Å². The molecule has 0 fully saturated rings. The second-order valence-electron chi connectivity index (χ2n) is 6.04. The van der Waals surface area contributed by atoms with Gasteiger partial charge in [0.2, 0.25) is 11.8 Å². The number of nitrogens with zero attached hydrogens (tertiary/aromatic N) is 2. The summed E-state index contributed by atoms with van der Waals surface area (Å²) in [6.07, 6.45) is 0. The van der Waals surface area contributed by atoms with Gasteiger partial charge >= 0.3 is 0 Å². The average Bonchev–Trinajstić information content (AvgIpc) is 3.25. The Bertz CT molecular complexity index is 1070. The SMILES string of the molecule is COc1ccc(C(=O)Nc2ccc(-c3nnc(-c4ccccc4)o3)cc2)cc1. The minimum Gasteiger partial charge on any atom is -0.497 e. The number of rotatable bonds is 5. The molecule has 28 heavy (non-hydrogen) atoms. The molecule has 0 aliphatic carbocycles. The molecule has 0 aliphatic rings. The molecule has 1 N–H and O–H groups in total. The number of hydrogen-bond donors (Lipinski definition) is 1. The molecule has 0 saturated carbocycles. The standard InChI is InChI=1S/C22H17N3O3/c1-27-19-13-9-15(10-14-19)20(26)23-18-11-7-17(8-12-18)22-25-24-21(28-22)16-5-3-2-4-6-16/h2-14H,1H3,(H,23,26). The van der Waals surface area contributed by atoms with Gasteiger partial charge in [-0.1, -0.05) is 18.2 Å². The Morgan fingerprint density at radius 2 is 1.43 bits per heavy atom. The monoisotopic (exact) mass is 371 g/mol. The number of nitrogens with one attached hydrogen (secondary N) is 1. The lowest BCUT2D eigenvalue weighted by molar-refractivity contribution is 0.102. The summed E-state index contributed by atoms with van der Waals surface area (Å²) in [5.74, 6) is 1.40. The van der Waals surface area contributed by atoms with Crippen LogP contribution >= 0.6 is 0 Å². The van der Waals surface area contributed by atoms with Gasteiger partial charge in [-0.05, 0) is 60.7 Å². The molecule has 0 unspecified atom stereocenters. The number of methoxy groups -OCH3 is 1. The van der Waals surface area contributed by atoms with Crippen molar-refractivity contribution in [1.82, 2.24) is 10.2 Å². The van der Waals surface area contributed by atoms with Gasteiger partial charge in [0.1, 0.15) is 5.75 Å². The number of amides is 1. The molecule has 0 atom stereocenters. The van der Waals surface area contributed by atoms with Gasteiger partial charge in [0, 0.05) is 22.4 Å². The molecule has 0 saturated heterocycles. The van der Waals surface area contributed by atoms with E-state index in [1.54, 1.807) is 43.5 Å². The molecular formula is C22H17N3O3. The van der Waals surface area contributed by atoms with Crippen LogP contribution in [0, 0.1) is 0 Å². The molecular weight excluding hydrogens is 354 g/mol. The van der Waals surface area contributed by atoms with Crippen molar-refractivity contribution >= 4 is 11.6 Å². The Morgan fingerprint density at radius 1 is 0.821 bits per heavy atom. The van der Waals surface area contributed by atoms with Crippen molar-refractivity contribution < 1.29 is 13.9 Å². The van der Waals surface area contributed by atoms with E-state index < -0.39 is 0 Å². The van der Waals surface area contributed by atoms with Crippen LogP contribution in [0.1, 0.15) is 10.4 Å². The maximum Gasteiger partial charge on any atom is 0.255 e. The zero-order valence-electron chi connectivity index (χ0n) is 15.1. The van der Waals surface area contributed by atoms with Crippen LogP contribution in [0.2, 0.25) is 0 Å². The first-order valence-corrected chi connectivity index (χ1v) is 8.68. The first kappa shape index (κ1) is 17.5. The molecule has 0 radical (unpaired) electrons. The molecule has 6 nitrogen and oxygen atoms in total. The number of hydrogen-bond acceptors (Lipinski definition) is 5. The molecule has 138 valence electrons. The molecule has 3 aromatic carbocycles. The summed E-state index contributed by atoms with van der Waals surface area (Å²) >= 11 is 0. The smallest absolute Gasteiger partial charge is 0.255 e. The van der Waals surface area contributed by atoms with E-state index in [0.29, 0.717) is 28.8 Å². The van der Waals surface area contributed by atoms with Gasteiger partial charge in [-0.3, -0.25) is 4.79 Å². The largest absolute Gasteiger partial charge is 0.497 e. The van der Waals surface area contributed by atoms with E-state index in [2.05, 4.69) is 15.5 Å². The lowest BCUT2D eigenvalue weighted by Gasteiger charge is -2.06. The first-order valence-electron chi connectivity index (χ1n) is 8.68. The quantitative estimate of drug-likeness (QED) is 0.552. The van der Waals surface area contributed by atoms with Crippen molar-refractivity contribution in [2.75, 3.05) is 12.4 Å². The lowest BCUT2D eigenvalue weighted by atomic mass is 10.1. The van der Waals surface area contributed by atoms with Crippen LogP contribution in [0.25, 0.3) is 22.9 Å². The van der Waals surface area contributed by atoms with E-state index >= 15 is 0 Å². The van der Waals surface area contributed by atoms with Crippen LogP contribution in [0.15, 0.2) is 83.3 Å². The van der Waals surface area contributed by atoms with Crippen molar-refractivity contribution in [1.29, 1.82) is 0 Å². The zero-order chi connectivity index (χ0) is 19.3. The zero-order valence-corrected chi connectivity index (χ0v) is 15.1. The number of carbonyl (C=O) groups is 1. The summed E-state index contributed by atoms with van der Waals surface area (Å²) in [6, 6.07) is 23.8. The topological polar surface area (TPSA) is 77.2 Å². The second-order valence-corrected chi connectivity index (χ2v) is 6.04. The minimum absolute atomic E-state index is 0.195. The van der Waals surface area contributed by atoms with Crippen LogP contribution in [0.3, 0.4) is 0 Å². The maximum atomic E-state index is 12.3. The van der Waals surface area contributed by atoms with E-state index in [1.165, 1.54) is 0 Å². The van der Waals surface area contributed by atoms with Gasteiger partial charge in [-0.2, -0.15) is 0 Å². The highest BCUT2D eigenvalue weighted by atomic mass is 16.5. The summed E-state index contributed by atoms with van der Waals surface area (Å²) in [6.45, 7) is 0. The molecule has 4 rings (SSSR count). The Balaban J connectivity index is 1.46. The maximum absolute atomic E-state index is 12.3. The van der Waals surface area contributed by atoms with Gasteiger partial charge in [-0.25, -0.2) is 0 Å². The Labute approximate surface area is 161 Å². The highest BCUT2D eigenvalue weighted by Crippen LogP contribution is 2.25. The summed E-state index contributed by atoms with van der Waals surface area (Å²) in [5, 5.41) is 11.1. The predicted octanol–water partition coefficient (Wildman–Crippen LogP) is 4.66. The Hall–Kier alpha value is -3.93. The van der Waals surface area contributed by atoms with Crippen molar-refractivity contribution in [2.24, 2.45) is 0 Å². The summed E-state index contributed by atoms with van der Waals surface area (Å²) < 4.78 is 10.8. The molecule has 6 heteroatoms. The van der Waals surface area contributed by atoms with Gasteiger partial charge in [0.05, 0.1) is 7.11 Å². The van der Waals surface area contributed by atoms with Crippen molar-refractivity contribution in [3.8, 4) is 28.7 Å². The fourth-order valence-electron chi connectivity index (χ4n) is 2.68. The number of aromatic nitrogens is 2. The number of carbonyl (C=O) groups excluding carboxylic acids is 1. The van der Waals surface area contributed by atoms with E-state index in [4.69, 9.17) is 9.15 Å². The summed E-state index contributed by atoms with van der Waals surface area (Å²) in [7, 11) is 1.59.